The van der Waals surface area contributed by atoms with Gasteiger partial charge in [0.2, 0.25) is 15.9 Å². The number of nitrogens with two attached hydrogens (primary N) is 2. The molecule has 1 amide bonds. The van der Waals surface area contributed by atoms with Crippen LogP contribution in [-0.2, 0) is 38.9 Å². The average Bonchev–Trinajstić information content (AvgIpc) is 2.89. The molecule has 0 aliphatic heterocycles. The van der Waals surface area contributed by atoms with Gasteiger partial charge in [-0.05, 0) is 12.8 Å². The Hall–Kier alpha value is -2.31. The number of carbonyl (C=O) groups is 2. The summed E-state index contributed by atoms with van der Waals surface area (Å²) < 4.78 is 106. The van der Waals surface area contributed by atoms with Crippen molar-refractivity contribution >= 4 is 37.2 Å². The molecule has 12 nitrogen and oxygen atoms in total. The van der Waals surface area contributed by atoms with Crippen molar-refractivity contribution in [1.29, 1.82) is 0 Å². The Labute approximate surface area is 244 Å². The van der Waals surface area contributed by atoms with Crippen molar-refractivity contribution in [3.63, 3.8) is 0 Å². The summed E-state index contributed by atoms with van der Waals surface area (Å²) in [6.07, 6.45) is 4.59. The van der Waals surface area contributed by atoms with Gasteiger partial charge in [0.1, 0.15) is 10.7 Å². The van der Waals surface area contributed by atoms with Gasteiger partial charge in [-0.1, -0.05) is 32.1 Å². The number of carbonyl (C=O) groups excluding carboxylic acids is 2. The van der Waals surface area contributed by atoms with Crippen LogP contribution in [0, 0.1) is 17.5 Å². The lowest BCUT2D eigenvalue weighted by atomic mass is 9.96. The van der Waals surface area contributed by atoms with E-state index in [1.54, 1.807) is 0 Å². The molecule has 0 bridgehead atoms. The summed E-state index contributed by atoms with van der Waals surface area (Å²) in [6, 6.07) is -0.533. The number of ketones is 1. The Morgan fingerprint density at radius 1 is 0.810 bits per heavy atom. The van der Waals surface area contributed by atoms with E-state index >= 15 is 8.78 Å². The average molecular weight is 645 g/mol. The van der Waals surface area contributed by atoms with E-state index in [4.69, 9.17) is 20.3 Å². The van der Waals surface area contributed by atoms with E-state index in [2.05, 4.69) is 10.6 Å². The van der Waals surface area contributed by atoms with Gasteiger partial charge in [-0.25, -0.2) is 35.1 Å². The summed E-state index contributed by atoms with van der Waals surface area (Å²) >= 11 is 0. The third kappa shape index (κ3) is 11.1. The third-order valence-corrected chi connectivity index (χ3v) is 9.25. The molecule has 1 fully saturated rings. The van der Waals surface area contributed by atoms with Gasteiger partial charge in [-0.15, -0.1) is 0 Å². The molecule has 6 N–H and O–H groups in total. The van der Waals surface area contributed by atoms with Crippen LogP contribution in [0.25, 0.3) is 0 Å². The molecular weight excluding hydrogens is 605 g/mol. The fraction of sp³-hybridized carbons (Fsp3) is 0.680. The Bertz CT molecular complexity index is 1290. The number of benzene rings is 1. The molecular formula is C25H39F3N4O8S2. The van der Waals surface area contributed by atoms with Crippen molar-refractivity contribution in [2.75, 3.05) is 50.6 Å². The van der Waals surface area contributed by atoms with E-state index < -0.39 is 76.9 Å². The first-order valence-electron chi connectivity index (χ1n) is 13.7. The minimum Gasteiger partial charge on any atom is -0.379 e. The van der Waals surface area contributed by atoms with Gasteiger partial charge in [-0.2, -0.15) is 0 Å². The highest BCUT2D eigenvalue weighted by Gasteiger charge is 2.37. The predicted octanol–water partition coefficient (Wildman–Crippen LogP) is 1.51. The number of nitrogens with one attached hydrogen (secondary N) is 2. The molecule has 1 aromatic rings. The van der Waals surface area contributed by atoms with Gasteiger partial charge in [0.15, 0.2) is 32.2 Å². The molecule has 1 saturated carbocycles. The summed E-state index contributed by atoms with van der Waals surface area (Å²) in [5, 5.41) is 9.92. The van der Waals surface area contributed by atoms with Crippen molar-refractivity contribution in [2.45, 2.75) is 73.6 Å². The second kappa shape index (κ2) is 17.1. The number of hydrogen-bond donors (Lipinski definition) is 4. The smallest absolute Gasteiger partial charge is 0.244 e. The zero-order chi connectivity index (χ0) is 31.3. The van der Waals surface area contributed by atoms with Crippen LogP contribution in [0.2, 0.25) is 0 Å². The van der Waals surface area contributed by atoms with E-state index in [0.717, 1.165) is 19.3 Å². The Morgan fingerprint density at radius 3 is 1.98 bits per heavy atom. The molecule has 240 valence electrons. The zero-order valence-corrected chi connectivity index (χ0v) is 24.9. The monoisotopic (exact) mass is 644 g/mol. The summed E-state index contributed by atoms with van der Waals surface area (Å²) in [5.41, 5.74) is 4.16. The standard InChI is InChI=1S/C25H39F3N4O8S2/c26-20-21(27)25(23(22(28)24(20)42(30,37)38)32-17-6-4-2-1-3-5-7-17)41(35,36)15-9-19(34)31-10-12-40-14-13-39-11-8-18(33)16-29/h17,32H,1-16,29H2,(H,31,34)(H2,30,37,38). The van der Waals surface area contributed by atoms with Crippen LogP contribution in [-0.4, -0.2) is 79.8 Å². The van der Waals surface area contributed by atoms with Crippen molar-refractivity contribution in [1.82, 2.24) is 5.32 Å². The molecule has 1 aliphatic carbocycles. The van der Waals surface area contributed by atoms with Crippen LogP contribution < -0.4 is 21.5 Å². The van der Waals surface area contributed by atoms with Crippen LogP contribution in [0.3, 0.4) is 0 Å². The topological polar surface area (TPSA) is 197 Å². The van der Waals surface area contributed by atoms with E-state index in [9.17, 15) is 30.8 Å². The quantitative estimate of drug-likeness (QED) is 0.142. The van der Waals surface area contributed by atoms with Gasteiger partial charge >= 0.3 is 0 Å². The highest BCUT2D eigenvalue weighted by molar-refractivity contribution is 7.91. The molecule has 0 saturated heterocycles. The number of sulfone groups is 1. The predicted molar refractivity (Wildman–Crippen MR) is 147 cm³/mol. The van der Waals surface area contributed by atoms with Gasteiger partial charge in [0.25, 0.3) is 0 Å². The van der Waals surface area contributed by atoms with E-state index in [0.29, 0.717) is 25.7 Å². The maximum atomic E-state index is 15.4. The summed E-state index contributed by atoms with van der Waals surface area (Å²) in [6.45, 7) is 0.556. The van der Waals surface area contributed by atoms with Crippen molar-refractivity contribution in [3.05, 3.63) is 17.5 Å². The highest BCUT2D eigenvalue weighted by Crippen LogP contribution is 2.37. The second-order valence-corrected chi connectivity index (χ2v) is 13.4. The second-order valence-electron chi connectivity index (χ2n) is 9.84. The SMILES string of the molecule is NCC(=O)CCOCCOCCNC(=O)CCS(=O)(=O)c1c(F)c(F)c(S(N)(=O)=O)c(F)c1NC1CCCCCCC1. The molecule has 0 spiro atoms. The van der Waals surface area contributed by atoms with Gasteiger partial charge in [0.05, 0.1) is 44.4 Å². The Balaban J connectivity index is 2.07. The van der Waals surface area contributed by atoms with Gasteiger partial charge in [-0.3, -0.25) is 9.59 Å². The zero-order valence-electron chi connectivity index (χ0n) is 23.3. The summed E-state index contributed by atoms with van der Waals surface area (Å²) in [4.78, 5) is 20.1. The maximum Gasteiger partial charge on any atom is 0.244 e. The highest BCUT2D eigenvalue weighted by atomic mass is 32.2. The minimum absolute atomic E-state index is 0.000298. The molecule has 0 atom stereocenters. The van der Waals surface area contributed by atoms with Crippen LogP contribution in [0.4, 0.5) is 18.9 Å². The van der Waals surface area contributed by atoms with Crippen molar-refractivity contribution < 1.29 is 49.1 Å². The minimum atomic E-state index is -5.10. The largest absolute Gasteiger partial charge is 0.379 e. The maximum absolute atomic E-state index is 15.4. The number of ether oxygens (including phenoxy) is 2. The van der Waals surface area contributed by atoms with Crippen LogP contribution in [0.15, 0.2) is 9.79 Å². The number of anilines is 1. The van der Waals surface area contributed by atoms with Crippen LogP contribution >= 0.6 is 0 Å². The van der Waals surface area contributed by atoms with Crippen molar-refractivity contribution in [2.24, 2.45) is 10.9 Å². The fourth-order valence-corrected chi connectivity index (χ4v) is 6.56. The first kappa shape index (κ1) is 35.9. The number of primary sulfonamides is 1. The first-order chi connectivity index (χ1) is 19.8. The molecule has 1 aromatic carbocycles. The number of hydrogen-bond acceptors (Lipinski definition) is 10. The number of sulfonamides is 1. The lowest BCUT2D eigenvalue weighted by Crippen LogP contribution is -2.30. The first-order valence-corrected chi connectivity index (χ1v) is 16.9. The third-order valence-electron chi connectivity index (χ3n) is 6.58. The van der Waals surface area contributed by atoms with Crippen molar-refractivity contribution in [3.8, 4) is 0 Å². The molecule has 2 rings (SSSR count). The Morgan fingerprint density at radius 2 is 1.38 bits per heavy atom. The van der Waals surface area contributed by atoms with E-state index in [-0.39, 0.29) is 51.7 Å². The molecule has 42 heavy (non-hydrogen) atoms. The van der Waals surface area contributed by atoms with Gasteiger partial charge in [0, 0.05) is 25.4 Å². The number of halogens is 3. The lowest BCUT2D eigenvalue weighted by Gasteiger charge is -2.25. The Kier molecular flexibility index (Phi) is 14.6. The molecule has 0 heterocycles. The number of Topliss-reactive ketones (excluding diaryl/α,β-unsaturated/α-hetero) is 1. The lowest BCUT2D eigenvalue weighted by molar-refractivity contribution is -0.121. The number of rotatable bonds is 17. The number of amides is 1. The van der Waals surface area contributed by atoms with Gasteiger partial charge < -0.3 is 25.8 Å². The van der Waals surface area contributed by atoms with E-state index in [1.807, 2.05) is 0 Å². The summed E-state index contributed by atoms with van der Waals surface area (Å²) in [7, 11) is -9.95. The normalized spacial score (nSPS) is 15.2. The molecule has 1 aliphatic rings. The fourth-order valence-electron chi connectivity index (χ4n) is 4.38. The summed E-state index contributed by atoms with van der Waals surface area (Å²) in [5.74, 6) is -8.10. The molecule has 0 unspecified atom stereocenters. The molecule has 17 heteroatoms. The van der Waals surface area contributed by atoms with Crippen LogP contribution in [0.1, 0.15) is 57.8 Å². The van der Waals surface area contributed by atoms with E-state index in [1.165, 1.54) is 0 Å². The molecule has 0 aromatic heterocycles. The van der Waals surface area contributed by atoms with Crippen LogP contribution in [0.5, 0.6) is 0 Å². The molecule has 0 radical (unpaired) electrons.